The predicted molar refractivity (Wildman–Crippen MR) is 80.2 cm³/mol. The van der Waals surface area contributed by atoms with Crippen LogP contribution in [-0.4, -0.2) is 11.5 Å². The first-order chi connectivity index (χ1) is 9.20. The molecule has 0 aliphatic rings. The van der Waals surface area contributed by atoms with E-state index in [0.717, 1.165) is 18.5 Å². The lowest BCUT2D eigenvalue weighted by Gasteiger charge is -2.20. The van der Waals surface area contributed by atoms with E-state index in [9.17, 15) is 0 Å². The number of hydrogen-bond donors (Lipinski definition) is 2. The highest BCUT2D eigenvalue weighted by molar-refractivity contribution is 6.30. The first-order valence-electron chi connectivity index (χ1n) is 6.39. The highest BCUT2D eigenvalue weighted by Gasteiger charge is 2.15. The number of benzene rings is 1. The number of anilines is 1. The van der Waals surface area contributed by atoms with Crippen molar-refractivity contribution in [1.29, 1.82) is 0 Å². The van der Waals surface area contributed by atoms with Gasteiger partial charge < -0.3 is 11.1 Å². The molecule has 0 spiro atoms. The molecule has 1 atom stereocenters. The highest BCUT2D eigenvalue weighted by atomic mass is 35.5. The smallest absolute Gasteiger partial charge is 0.128 e. The number of halogens is 1. The number of aromatic nitrogens is 1. The number of nitrogens with zero attached hydrogens (tertiary/aromatic N) is 1. The molecule has 1 aromatic carbocycles. The molecule has 0 amide bonds. The molecule has 3 nitrogen and oxygen atoms in total. The summed E-state index contributed by atoms with van der Waals surface area (Å²) in [5.41, 5.74) is 8.18. The molecule has 1 aromatic heterocycles. The van der Waals surface area contributed by atoms with Gasteiger partial charge in [-0.3, -0.25) is 0 Å². The fourth-order valence-corrected chi connectivity index (χ4v) is 2.30. The third-order valence-electron chi connectivity index (χ3n) is 3.02. The largest absolute Gasteiger partial charge is 0.383 e. The zero-order chi connectivity index (χ0) is 13.7. The quantitative estimate of drug-likeness (QED) is 0.881. The monoisotopic (exact) mass is 275 g/mol. The average Bonchev–Trinajstić information content (AvgIpc) is 2.42. The van der Waals surface area contributed by atoms with E-state index in [1.165, 1.54) is 5.56 Å². The summed E-state index contributed by atoms with van der Waals surface area (Å²) >= 11 is 6.02. The van der Waals surface area contributed by atoms with Gasteiger partial charge in [-0.25, -0.2) is 4.98 Å². The Hall–Kier alpha value is -1.58. The van der Waals surface area contributed by atoms with Gasteiger partial charge in [0, 0.05) is 17.8 Å². The number of pyridine rings is 1. The Kier molecular flexibility index (Phi) is 4.77. The molecule has 2 rings (SSSR count). The molecule has 0 saturated carbocycles. The normalized spacial score (nSPS) is 12.3. The van der Waals surface area contributed by atoms with E-state index in [2.05, 4.69) is 29.4 Å². The molecule has 0 fully saturated rings. The minimum absolute atomic E-state index is 0.124. The second-order valence-corrected chi connectivity index (χ2v) is 4.86. The van der Waals surface area contributed by atoms with Crippen LogP contribution in [0.3, 0.4) is 0 Å². The van der Waals surface area contributed by atoms with Gasteiger partial charge in [0.15, 0.2) is 0 Å². The maximum absolute atomic E-state index is 6.02. The number of nitrogen functional groups attached to an aromatic ring is 1. The van der Waals surface area contributed by atoms with Gasteiger partial charge in [0.2, 0.25) is 0 Å². The lowest BCUT2D eigenvalue weighted by Crippen LogP contribution is -2.24. The van der Waals surface area contributed by atoms with Crippen molar-refractivity contribution in [2.75, 3.05) is 12.3 Å². The van der Waals surface area contributed by atoms with Crippen molar-refractivity contribution in [3.8, 4) is 0 Å². The Morgan fingerprint density at radius 1 is 1.32 bits per heavy atom. The Morgan fingerprint density at radius 2 is 2.05 bits per heavy atom. The van der Waals surface area contributed by atoms with E-state index >= 15 is 0 Å². The van der Waals surface area contributed by atoms with Crippen molar-refractivity contribution in [3.63, 3.8) is 0 Å². The lowest BCUT2D eigenvalue weighted by atomic mass is 9.99. The minimum Gasteiger partial charge on any atom is -0.383 e. The van der Waals surface area contributed by atoms with Crippen LogP contribution in [0.1, 0.15) is 24.1 Å². The Balaban J connectivity index is 2.27. The number of likely N-dealkylation sites (N-methyl/N-ethyl adjacent to an activating group) is 1. The number of hydrogen-bond acceptors (Lipinski definition) is 3. The van der Waals surface area contributed by atoms with Crippen molar-refractivity contribution in [1.82, 2.24) is 10.3 Å². The van der Waals surface area contributed by atoms with Crippen LogP contribution in [0.5, 0.6) is 0 Å². The third kappa shape index (κ3) is 3.69. The summed E-state index contributed by atoms with van der Waals surface area (Å²) in [6.45, 7) is 2.94. The van der Waals surface area contributed by atoms with E-state index in [4.69, 9.17) is 17.3 Å². The van der Waals surface area contributed by atoms with Crippen LogP contribution in [0.15, 0.2) is 42.6 Å². The SMILES string of the molecule is CCNC(Cc1ccccc1)c1cc(Cl)cnc1N. The van der Waals surface area contributed by atoms with Crippen LogP contribution in [0, 0.1) is 0 Å². The molecule has 3 N–H and O–H groups in total. The van der Waals surface area contributed by atoms with Gasteiger partial charge in [0.1, 0.15) is 5.82 Å². The molecule has 0 bridgehead atoms. The Labute approximate surface area is 118 Å². The first kappa shape index (κ1) is 13.8. The van der Waals surface area contributed by atoms with Crippen LogP contribution in [0.4, 0.5) is 5.82 Å². The summed E-state index contributed by atoms with van der Waals surface area (Å²) in [6, 6.07) is 12.3. The van der Waals surface area contributed by atoms with Gasteiger partial charge in [-0.2, -0.15) is 0 Å². The van der Waals surface area contributed by atoms with E-state index in [1.807, 2.05) is 24.3 Å². The van der Waals surface area contributed by atoms with Crippen molar-refractivity contribution in [2.45, 2.75) is 19.4 Å². The van der Waals surface area contributed by atoms with E-state index < -0.39 is 0 Å². The van der Waals surface area contributed by atoms with Gasteiger partial charge in [0.05, 0.1) is 5.02 Å². The second kappa shape index (κ2) is 6.55. The summed E-state index contributed by atoms with van der Waals surface area (Å²) in [4.78, 5) is 4.13. The van der Waals surface area contributed by atoms with Gasteiger partial charge in [-0.1, -0.05) is 48.9 Å². The molecule has 0 radical (unpaired) electrons. The van der Waals surface area contributed by atoms with Crippen LogP contribution < -0.4 is 11.1 Å². The molecule has 100 valence electrons. The summed E-state index contributed by atoms with van der Waals surface area (Å²) in [5.74, 6) is 0.534. The summed E-state index contributed by atoms with van der Waals surface area (Å²) in [7, 11) is 0. The molecule has 19 heavy (non-hydrogen) atoms. The van der Waals surface area contributed by atoms with Crippen molar-refractivity contribution >= 4 is 17.4 Å². The molecular weight excluding hydrogens is 258 g/mol. The first-order valence-corrected chi connectivity index (χ1v) is 6.76. The molecule has 0 saturated heterocycles. The van der Waals surface area contributed by atoms with Gasteiger partial charge in [0.25, 0.3) is 0 Å². The number of rotatable bonds is 5. The molecule has 1 unspecified atom stereocenters. The molecule has 0 aliphatic heterocycles. The summed E-state index contributed by atoms with van der Waals surface area (Å²) in [5, 5.41) is 4.05. The maximum Gasteiger partial charge on any atom is 0.128 e. The van der Waals surface area contributed by atoms with Gasteiger partial charge in [-0.15, -0.1) is 0 Å². The average molecular weight is 276 g/mol. The van der Waals surface area contributed by atoms with Crippen LogP contribution in [0.2, 0.25) is 5.02 Å². The van der Waals surface area contributed by atoms with E-state index in [0.29, 0.717) is 10.8 Å². The second-order valence-electron chi connectivity index (χ2n) is 4.43. The number of nitrogens with two attached hydrogens (primary N) is 1. The molecule has 4 heteroatoms. The molecule has 0 aliphatic carbocycles. The lowest BCUT2D eigenvalue weighted by molar-refractivity contribution is 0.550. The Morgan fingerprint density at radius 3 is 2.74 bits per heavy atom. The van der Waals surface area contributed by atoms with Crippen LogP contribution in [-0.2, 0) is 6.42 Å². The summed E-state index contributed by atoms with van der Waals surface area (Å²) < 4.78 is 0. The van der Waals surface area contributed by atoms with Gasteiger partial charge >= 0.3 is 0 Å². The molecular formula is C15H18ClN3. The predicted octanol–water partition coefficient (Wildman–Crippen LogP) is 3.21. The zero-order valence-corrected chi connectivity index (χ0v) is 11.7. The zero-order valence-electron chi connectivity index (χ0n) is 10.9. The van der Waals surface area contributed by atoms with Crippen molar-refractivity contribution < 1.29 is 0 Å². The van der Waals surface area contributed by atoms with E-state index in [-0.39, 0.29) is 6.04 Å². The van der Waals surface area contributed by atoms with E-state index in [1.54, 1.807) is 6.20 Å². The standard InChI is InChI=1S/C15H18ClN3/c1-2-18-14(8-11-6-4-3-5-7-11)13-9-12(16)10-19-15(13)17/h3-7,9-10,14,18H,2,8H2,1H3,(H2,17,19). The van der Waals surface area contributed by atoms with Crippen molar-refractivity contribution in [3.05, 3.63) is 58.7 Å². The summed E-state index contributed by atoms with van der Waals surface area (Å²) in [6.07, 6.45) is 2.44. The number of nitrogens with one attached hydrogen (secondary N) is 1. The molecule has 2 aromatic rings. The highest BCUT2D eigenvalue weighted by Crippen LogP contribution is 2.25. The maximum atomic E-state index is 6.02. The topological polar surface area (TPSA) is 50.9 Å². The third-order valence-corrected chi connectivity index (χ3v) is 3.23. The van der Waals surface area contributed by atoms with Crippen LogP contribution in [0.25, 0.3) is 0 Å². The Bertz CT molecular complexity index is 528. The van der Waals surface area contributed by atoms with Crippen LogP contribution >= 0.6 is 11.6 Å². The fraction of sp³-hybridized carbons (Fsp3) is 0.267. The van der Waals surface area contributed by atoms with Crippen molar-refractivity contribution in [2.24, 2.45) is 0 Å². The fourth-order valence-electron chi connectivity index (χ4n) is 2.13. The minimum atomic E-state index is 0.124. The van der Waals surface area contributed by atoms with Gasteiger partial charge in [-0.05, 0) is 24.6 Å². The molecule has 1 heterocycles.